The Balaban J connectivity index is 1.93. The maximum atomic E-state index is 13.6. The Hall–Kier alpha value is -3.67. The number of fused-ring (bicyclic) bond motifs is 1. The van der Waals surface area contributed by atoms with Gasteiger partial charge in [-0.3, -0.25) is 9.69 Å². The summed E-state index contributed by atoms with van der Waals surface area (Å²) < 4.78 is 16.6. The molecule has 0 bridgehead atoms. The minimum atomic E-state index is -0.496. The van der Waals surface area contributed by atoms with Crippen LogP contribution in [0.4, 0.5) is 11.4 Å². The number of rotatable bonds is 5. The van der Waals surface area contributed by atoms with Crippen LogP contribution >= 0.6 is 0 Å². The molecule has 6 nitrogen and oxygen atoms in total. The minimum absolute atomic E-state index is 0.0863. The number of aryl methyl sites for hydroxylation is 1. The minimum Gasteiger partial charge on any atom is -0.496 e. The van der Waals surface area contributed by atoms with Gasteiger partial charge in [-0.05, 0) is 42.8 Å². The van der Waals surface area contributed by atoms with E-state index in [2.05, 4.69) is 5.32 Å². The predicted molar refractivity (Wildman–Crippen MR) is 117 cm³/mol. The SMILES string of the molecule is COc1cc(OC)c([C@@H]2Nc3ccccc3C(=O)N2c2cccc(C)c2)cc1OC. The number of benzene rings is 3. The average molecular weight is 404 g/mol. The second-order valence-corrected chi connectivity index (χ2v) is 7.06. The number of para-hydroxylation sites is 1. The van der Waals surface area contributed by atoms with Gasteiger partial charge in [0.25, 0.3) is 5.91 Å². The van der Waals surface area contributed by atoms with E-state index in [1.165, 1.54) is 0 Å². The van der Waals surface area contributed by atoms with E-state index in [1.807, 2.05) is 61.5 Å². The molecule has 1 amide bonds. The van der Waals surface area contributed by atoms with Crippen LogP contribution in [0.25, 0.3) is 0 Å². The molecule has 0 fully saturated rings. The lowest BCUT2D eigenvalue weighted by molar-refractivity contribution is 0.0974. The maximum Gasteiger partial charge on any atom is 0.262 e. The van der Waals surface area contributed by atoms with Crippen LogP contribution in [0.1, 0.15) is 27.7 Å². The van der Waals surface area contributed by atoms with Crippen molar-refractivity contribution in [2.24, 2.45) is 0 Å². The third kappa shape index (κ3) is 3.30. The lowest BCUT2D eigenvalue weighted by Gasteiger charge is -2.38. The quantitative estimate of drug-likeness (QED) is 0.662. The Morgan fingerprint density at radius 3 is 2.23 bits per heavy atom. The topological polar surface area (TPSA) is 60.0 Å². The van der Waals surface area contributed by atoms with Crippen molar-refractivity contribution in [3.63, 3.8) is 0 Å². The first-order chi connectivity index (χ1) is 14.6. The third-order valence-electron chi connectivity index (χ3n) is 5.24. The zero-order chi connectivity index (χ0) is 21.3. The molecule has 1 aliphatic rings. The summed E-state index contributed by atoms with van der Waals surface area (Å²) in [4.78, 5) is 15.3. The van der Waals surface area contributed by atoms with Gasteiger partial charge in [-0.2, -0.15) is 0 Å². The molecule has 0 saturated carbocycles. The number of hydrogen-bond acceptors (Lipinski definition) is 5. The molecular formula is C24H24N2O4. The molecule has 0 radical (unpaired) electrons. The van der Waals surface area contributed by atoms with E-state index < -0.39 is 6.17 Å². The van der Waals surface area contributed by atoms with Crippen molar-refractivity contribution >= 4 is 17.3 Å². The van der Waals surface area contributed by atoms with Crippen molar-refractivity contribution in [3.8, 4) is 17.2 Å². The van der Waals surface area contributed by atoms with E-state index in [-0.39, 0.29) is 5.91 Å². The van der Waals surface area contributed by atoms with Gasteiger partial charge in [0.15, 0.2) is 11.5 Å². The monoisotopic (exact) mass is 404 g/mol. The van der Waals surface area contributed by atoms with Crippen molar-refractivity contribution in [2.45, 2.75) is 13.1 Å². The number of carbonyl (C=O) groups is 1. The van der Waals surface area contributed by atoms with Crippen LogP contribution in [0.2, 0.25) is 0 Å². The summed E-state index contributed by atoms with van der Waals surface area (Å²) in [5.74, 6) is 1.63. The molecule has 0 aromatic heterocycles. The molecule has 154 valence electrons. The first-order valence-electron chi connectivity index (χ1n) is 9.63. The largest absolute Gasteiger partial charge is 0.496 e. The van der Waals surface area contributed by atoms with E-state index in [9.17, 15) is 4.79 Å². The molecule has 1 heterocycles. The molecule has 4 rings (SSSR count). The van der Waals surface area contributed by atoms with E-state index in [0.717, 1.165) is 22.5 Å². The van der Waals surface area contributed by atoms with Gasteiger partial charge < -0.3 is 19.5 Å². The summed E-state index contributed by atoms with van der Waals surface area (Å²) in [5.41, 5.74) is 4.02. The molecule has 0 unspecified atom stereocenters. The van der Waals surface area contributed by atoms with Crippen LogP contribution < -0.4 is 24.4 Å². The lowest BCUT2D eigenvalue weighted by atomic mass is 10.0. The smallest absolute Gasteiger partial charge is 0.262 e. The molecule has 30 heavy (non-hydrogen) atoms. The van der Waals surface area contributed by atoms with Crippen LogP contribution in [-0.4, -0.2) is 27.2 Å². The van der Waals surface area contributed by atoms with E-state index >= 15 is 0 Å². The number of amides is 1. The highest BCUT2D eigenvalue weighted by Gasteiger charge is 2.36. The molecule has 6 heteroatoms. The molecule has 0 aliphatic carbocycles. The van der Waals surface area contributed by atoms with Crippen molar-refractivity contribution in [3.05, 3.63) is 77.4 Å². The maximum absolute atomic E-state index is 13.6. The summed E-state index contributed by atoms with van der Waals surface area (Å²) in [7, 11) is 4.76. The van der Waals surface area contributed by atoms with Gasteiger partial charge in [0.2, 0.25) is 0 Å². The lowest BCUT2D eigenvalue weighted by Crippen LogP contribution is -2.43. The standard InChI is InChI=1S/C24H24N2O4/c1-15-8-7-9-16(12-15)26-23(25-19-11-6-5-10-17(19)24(26)27)18-13-21(29-3)22(30-4)14-20(18)28-2/h5-14,23,25H,1-4H3/t23-/m1/s1. The molecular weight excluding hydrogens is 380 g/mol. The van der Waals surface area contributed by atoms with Gasteiger partial charge in [0, 0.05) is 23.0 Å². The molecule has 3 aromatic rings. The number of carbonyl (C=O) groups excluding carboxylic acids is 1. The van der Waals surface area contributed by atoms with Crippen LogP contribution in [0.5, 0.6) is 17.2 Å². The Kier molecular flexibility index (Phi) is 5.23. The summed E-state index contributed by atoms with van der Waals surface area (Å²) in [6.07, 6.45) is -0.496. The third-order valence-corrected chi connectivity index (χ3v) is 5.24. The Morgan fingerprint density at radius 2 is 1.53 bits per heavy atom. The van der Waals surface area contributed by atoms with Crippen LogP contribution in [0, 0.1) is 6.92 Å². The summed E-state index contributed by atoms with van der Waals surface area (Å²) in [5, 5.41) is 3.50. The van der Waals surface area contributed by atoms with Gasteiger partial charge in [-0.25, -0.2) is 0 Å². The number of anilines is 2. The average Bonchev–Trinajstić information content (AvgIpc) is 2.78. The van der Waals surface area contributed by atoms with Crippen LogP contribution in [0.3, 0.4) is 0 Å². The molecule has 0 spiro atoms. The first-order valence-corrected chi connectivity index (χ1v) is 9.63. The van der Waals surface area contributed by atoms with Crippen LogP contribution in [0.15, 0.2) is 60.7 Å². The van der Waals surface area contributed by atoms with Crippen LogP contribution in [-0.2, 0) is 0 Å². The zero-order valence-corrected chi connectivity index (χ0v) is 17.4. The van der Waals surface area contributed by atoms with Gasteiger partial charge in [0.05, 0.1) is 26.9 Å². The molecule has 1 N–H and O–H groups in total. The van der Waals surface area contributed by atoms with E-state index in [4.69, 9.17) is 14.2 Å². The Morgan fingerprint density at radius 1 is 0.833 bits per heavy atom. The highest BCUT2D eigenvalue weighted by Crippen LogP contribution is 2.43. The van der Waals surface area contributed by atoms with Crippen molar-refractivity contribution in [2.75, 3.05) is 31.5 Å². The van der Waals surface area contributed by atoms with Gasteiger partial charge >= 0.3 is 0 Å². The van der Waals surface area contributed by atoms with E-state index in [1.54, 1.807) is 32.3 Å². The summed E-state index contributed by atoms with van der Waals surface area (Å²) in [6.45, 7) is 2.01. The van der Waals surface area contributed by atoms with Crippen molar-refractivity contribution in [1.29, 1.82) is 0 Å². The normalized spacial score (nSPS) is 15.3. The highest BCUT2D eigenvalue weighted by molar-refractivity contribution is 6.12. The fourth-order valence-corrected chi connectivity index (χ4v) is 3.78. The van der Waals surface area contributed by atoms with Gasteiger partial charge in [-0.1, -0.05) is 24.3 Å². The van der Waals surface area contributed by atoms with Gasteiger partial charge in [0.1, 0.15) is 11.9 Å². The highest BCUT2D eigenvalue weighted by atomic mass is 16.5. The number of hydrogen-bond donors (Lipinski definition) is 1. The van der Waals surface area contributed by atoms with E-state index in [0.29, 0.717) is 22.8 Å². The Bertz CT molecular complexity index is 1100. The predicted octanol–water partition coefficient (Wildman–Crippen LogP) is 4.79. The molecule has 0 saturated heterocycles. The van der Waals surface area contributed by atoms with Crippen molar-refractivity contribution < 1.29 is 19.0 Å². The molecule has 1 aliphatic heterocycles. The number of ether oxygens (including phenoxy) is 3. The van der Waals surface area contributed by atoms with Gasteiger partial charge in [-0.15, -0.1) is 0 Å². The second kappa shape index (κ2) is 7.99. The zero-order valence-electron chi connectivity index (χ0n) is 17.4. The number of methoxy groups -OCH3 is 3. The fraction of sp³-hybridized carbons (Fsp3) is 0.208. The fourth-order valence-electron chi connectivity index (χ4n) is 3.78. The summed E-state index contributed by atoms with van der Waals surface area (Å²) >= 11 is 0. The molecule has 3 aromatic carbocycles. The van der Waals surface area contributed by atoms with Crippen molar-refractivity contribution in [1.82, 2.24) is 0 Å². The summed E-state index contributed by atoms with van der Waals surface area (Å²) in [6, 6.07) is 19.0. The number of nitrogens with zero attached hydrogens (tertiary/aromatic N) is 1. The Labute approximate surface area is 176 Å². The molecule has 1 atom stereocenters. The first kappa shape index (κ1) is 19.6. The second-order valence-electron chi connectivity index (χ2n) is 7.06. The number of nitrogens with one attached hydrogen (secondary N) is 1.